The number of carbonyl (C=O) groups is 1. The highest BCUT2D eigenvalue weighted by atomic mass is 16.3. The fraction of sp³-hybridized carbons (Fsp3) is 0.600. The standard InChI is InChI=1S/C10H16N4O2/c1-6-7(8(11)13-12-6)9(15)14-4-3-10(2,16)5-14/h16H,3-5H2,1-2H3,(H3,11,12,13). The van der Waals surface area contributed by atoms with Gasteiger partial charge < -0.3 is 15.7 Å². The van der Waals surface area contributed by atoms with Gasteiger partial charge in [0, 0.05) is 18.8 Å². The van der Waals surface area contributed by atoms with Crippen LogP contribution in [0.2, 0.25) is 0 Å². The van der Waals surface area contributed by atoms with Crippen LogP contribution in [0.4, 0.5) is 5.82 Å². The fourth-order valence-electron chi connectivity index (χ4n) is 1.99. The van der Waals surface area contributed by atoms with Crippen LogP contribution in [0, 0.1) is 6.92 Å². The molecule has 1 fully saturated rings. The maximum Gasteiger partial charge on any atom is 0.259 e. The van der Waals surface area contributed by atoms with Crippen molar-refractivity contribution in [1.82, 2.24) is 15.1 Å². The number of nitrogens with zero attached hydrogens (tertiary/aromatic N) is 2. The van der Waals surface area contributed by atoms with E-state index < -0.39 is 5.60 Å². The molecule has 1 amide bonds. The molecule has 1 aliphatic heterocycles. The number of aryl methyl sites for hydroxylation is 1. The van der Waals surface area contributed by atoms with E-state index >= 15 is 0 Å². The summed E-state index contributed by atoms with van der Waals surface area (Å²) in [5, 5.41) is 16.3. The minimum atomic E-state index is -0.790. The molecule has 0 bridgehead atoms. The number of nitrogens with one attached hydrogen (secondary N) is 1. The van der Waals surface area contributed by atoms with Crippen LogP contribution in [0.25, 0.3) is 0 Å². The number of likely N-dealkylation sites (tertiary alicyclic amines) is 1. The zero-order valence-corrected chi connectivity index (χ0v) is 9.45. The van der Waals surface area contributed by atoms with Crippen LogP contribution in [0.5, 0.6) is 0 Å². The third kappa shape index (κ3) is 1.76. The Hall–Kier alpha value is -1.56. The molecular formula is C10H16N4O2. The first-order valence-electron chi connectivity index (χ1n) is 5.23. The van der Waals surface area contributed by atoms with Gasteiger partial charge in [-0.05, 0) is 20.3 Å². The van der Waals surface area contributed by atoms with Gasteiger partial charge in [0.05, 0.1) is 5.60 Å². The average molecular weight is 224 g/mol. The molecule has 16 heavy (non-hydrogen) atoms. The molecule has 4 N–H and O–H groups in total. The Morgan fingerprint density at radius 2 is 2.38 bits per heavy atom. The molecule has 1 saturated heterocycles. The van der Waals surface area contributed by atoms with Gasteiger partial charge in [-0.15, -0.1) is 0 Å². The number of hydrogen-bond donors (Lipinski definition) is 3. The Bertz CT molecular complexity index is 405. The molecular weight excluding hydrogens is 208 g/mol. The molecule has 0 spiro atoms. The van der Waals surface area contributed by atoms with Crippen molar-refractivity contribution in [2.75, 3.05) is 18.8 Å². The normalized spacial score (nSPS) is 25.1. The molecule has 1 unspecified atom stereocenters. The lowest BCUT2D eigenvalue weighted by Gasteiger charge is -2.18. The lowest BCUT2D eigenvalue weighted by Crippen LogP contribution is -2.34. The molecule has 0 radical (unpaired) electrons. The lowest BCUT2D eigenvalue weighted by atomic mass is 10.1. The van der Waals surface area contributed by atoms with Gasteiger partial charge >= 0.3 is 0 Å². The van der Waals surface area contributed by atoms with E-state index in [1.165, 1.54) is 0 Å². The van der Waals surface area contributed by atoms with Crippen LogP contribution in [0.15, 0.2) is 0 Å². The average Bonchev–Trinajstić information content (AvgIpc) is 2.70. The van der Waals surface area contributed by atoms with E-state index in [2.05, 4.69) is 10.2 Å². The number of H-pyrrole nitrogens is 1. The number of nitrogen functional groups attached to an aromatic ring is 1. The number of anilines is 1. The van der Waals surface area contributed by atoms with Crippen LogP contribution >= 0.6 is 0 Å². The molecule has 6 nitrogen and oxygen atoms in total. The zero-order valence-electron chi connectivity index (χ0n) is 9.45. The van der Waals surface area contributed by atoms with Gasteiger partial charge in [-0.3, -0.25) is 9.89 Å². The quantitative estimate of drug-likeness (QED) is 0.620. The first-order chi connectivity index (χ1) is 7.41. The summed E-state index contributed by atoms with van der Waals surface area (Å²) in [4.78, 5) is 13.7. The molecule has 6 heteroatoms. The zero-order chi connectivity index (χ0) is 11.9. The summed E-state index contributed by atoms with van der Waals surface area (Å²) >= 11 is 0. The van der Waals surface area contributed by atoms with Crippen molar-refractivity contribution in [3.8, 4) is 0 Å². The van der Waals surface area contributed by atoms with Gasteiger partial charge in [0.15, 0.2) is 5.82 Å². The number of aliphatic hydroxyl groups is 1. The monoisotopic (exact) mass is 224 g/mol. The summed E-state index contributed by atoms with van der Waals surface area (Å²) in [6.07, 6.45) is 0.593. The molecule has 2 heterocycles. The highest BCUT2D eigenvalue weighted by Crippen LogP contribution is 2.24. The minimum absolute atomic E-state index is 0.165. The van der Waals surface area contributed by atoms with E-state index in [1.54, 1.807) is 18.7 Å². The second-order valence-electron chi connectivity index (χ2n) is 4.58. The number of aromatic nitrogens is 2. The maximum absolute atomic E-state index is 12.1. The van der Waals surface area contributed by atoms with Gasteiger partial charge in [0.1, 0.15) is 5.56 Å². The van der Waals surface area contributed by atoms with Gasteiger partial charge in [-0.2, -0.15) is 5.10 Å². The van der Waals surface area contributed by atoms with E-state index in [0.29, 0.717) is 30.8 Å². The molecule has 0 saturated carbocycles. The molecule has 88 valence electrons. The number of nitrogens with two attached hydrogens (primary N) is 1. The van der Waals surface area contributed by atoms with Crippen LogP contribution < -0.4 is 5.73 Å². The predicted molar refractivity (Wildman–Crippen MR) is 58.9 cm³/mol. The summed E-state index contributed by atoms with van der Waals surface area (Å²) in [7, 11) is 0. The number of amides is 1. The molecule has 0 aromatic carbocycles. The summed E-state index contributed by atoms with van der Waals surface area (Å²) in [6.45, 7) is 4.38. The van der Waals surface area contributed by atoms with Crippen LogP contribution in [0.3, 0.4) is 0 Å². The van der Waals surface area contributed by atoms with Gasteiger partial charge in [0.2, 0.25) is 0 Å². The van der Waals surface area contributed by atoms with Crippen molar-refractivity contribution in [3.05, 3.63) is 11.3 Å². The van der Waals surface area contributed by atoms with Crippen LogP contribution in [-0.2, 0) is 0 Å². The highest BCUT2D eigenvalue weighted by Gasteiger charge is 2.35. The van der Waals surface area contributed by atoms with Crippen molar-refractivity contribution in [2.24, 2.45) is 0 Å². The largest absolute Gasteiger partial charge is 0.388 e. The van der Waals surface area contributed by atoms with E-state index in [0.717, 1.165) is 0 Å². The number of aromatic amines is 1. The smallest absolute Gasteiger partial charge is 0.259 e. The highest BCUT2D eigenvalue weighted by molar-refractivity contribution is 5.99. The summed E-state index contributed by atoms with van der Waals surface area (Å²) in [5.41, 5.74) is 5.91. The molecule has 2 rings (SSSR count). The van der Waals surface area contributed by atoms with Crippen LogP contribution in [-0.4, -0.2) is 44.8 Å². The molecule has 1 aromatic rings. The van der Waals surface area contributed by atoms with Gasteiger partial charge in [-0.25, -0.2) is 0 Å². The molecule has 1 aliphatic rings. The third-order valence-corrected chi connectivity index (χ3v) is 2.93. The Morgan fingerprint density at radius 1 is 1.69 bits per heavy atom. The second-order valence-corrected chi connectivity index (χ2v) is 4.58. The Morgan fingerprint density at radius 3 is 2.81 bits per heavy atom. The maximum atomic E-state index is 12.1. The second kappa shape index (κ2) is 3.48. The Labute approximate surface area is 93.4 Å². The van der Waals surface area contributed by atoms with Gasteiger partial charge in [0.25, 0.3) is 5.91 Å². The third-order valence-electron chi connectivity index (χ3n) is 2.93. The lowest BCUT2D eigenvalue weighted by molar-refractivity contribution is 0.0572. The molecule has 0 aliphatic carbocycles. The van der Waals surface area contributed by atoms with Crippen molar-refractivity contribution < 1.29 is 9.90 Å². The van der Waals surface area contributed by atoms with Crippen molar-refractivity contribution in [2.45, 2.75) is 25.9 Å². The molecule has 1 atom stereocenters. The SMILES string of the molecule is Cc1[nH]nc(N)c1C(=O)N1CCC(C)(O)C1. The van der Waals surface area contributed by atoms with E-state index in [4.69, 9.17) is 5.73 Å². The van der Waals surface area contributed by atoms with E-state index in [-0.39, 0.29) is 11.7 Å². The van der Waals surface area contributed by atoms with E-state index in [1.807, 2.05) is 0 Å². The summed E-state index contributed by atoms with van der Waals surface area (Å²) in [6, 6.07) is 0. The molecule has 1 aromatic heterocycles. The van der Waals surface area contributed by atoms with Crippen LogP contribution in [0.1, 0.15) is 29.4 Å². The number of carbonyl (C=O) groups excluding carboxylic acids is 1. The van der Waals surface area contributed by atoms with Crippen molar-refractivity contribution >= 4 is 11.7 Å². The minimum Gasteiger partial charge on any atom is -0.388 e. The Kier molecular flexibility index (Phi) is 2.38. The van der Waals surface area contributed by atoms with E-state index in [9.17, 15) is 9.90 Å². The fourth-order valence-corrected chi connectivity index (χ4v) is 1.99. The number of hydrogen-bond acceptors (Lipinski definition) is 4. The van der Waals surface area contributed by atoms with Crippen molar-refractivity contribution in [1.29, 1.82) is 0 Å². The summed E-state index contributed by atoms with van der Waals surface area (Å²) in [5.74, 6) is 0.0515. The van der Waals surface area contributed by atoms with Gasteiger partial charge in [-0.1, -0.05) is 0 Å². The topological polar surface area (TPSA) is 95.2 Å². The number of rotatable bonds is 1. The summed E-state index contributed by atoms with van der Waals surface area (Å²) < 4.78 is 0. The van der Waals surface area contributed by atoms with Crippen molar-refractivity contribution in [3.63, 3.8) is 0 Å². The predicted octanol–water partition coefficient (Wildman–Crippen LogP) is -0.103. The number of β-amino-alcohol motifs (C(OH)–C–C–N with tert-alkyl or cyclic N) is 1. The first-order valence-corrected chi connectivity index (χ1v) is 5.23. The Balaban J connectivity index is 2.21. The first kappa shape index (κ1) is 10.9.